The fraction of sp³-hybridized carbons (Fsp3) is 0.350. The van der Waals surface area contributed by atoms with Gasteiger partial charge in [0.15, 0.2) is 11.5 Å². The molecule has 1 aromatic carbocycles. The van der Waals surface area contributed by atoms with Crippen molar-refractivity contribution in [2.24, 2.45) is 12.5 Å². The normalized spacial score (nSPS) is 17.2. The molecule has 2 aromatic heterocycles. The van der Waals surface area contributed by atoms with Gasteiger partial charge in [-0.05, 0) is 18.6 Å². The summed E-state index contributed by atoms with van der Waals surface area (Å²) >= 11 is 0.867. The number of aromatic nitrogens is 3. The molecule has 3 aromatic rings. The molecule has 0 saturated carbocycles. The quantitative estimate of drug-likeness (QED) is 0.570. The Labute approximate surface area is 181 Å². The van der Waals surface area contributed by atoms with Crippen LogP contribution in [0.2, 0.25) is 0 Å². The van der Waals surface area contributed by atoms with Crippen LogP contribution in [0.1, 0.15) is 16.9 Å². The first kappa shape index (κ1) is 19.9. The standard InChI is InChI=1S/C20H21F2N7OS/c1-28-19(29-6-5-20(10-29)8-24-9-20)13(7-25-28)26-17(30)15-16(23)31-18(27-15)14-11(21)3-2-4-12(14)22/h2-4,7,24H,5-6,8-10,23H2,1H3,(H,26,30). The van der Waals surface area contributed by atoms with Crippen LogP contribution in [0.5, 0.6) is 0 Å². The van der Waals surface area contributed by atoms with E-state index in [-0.39, 0.29) is 26.7 Å². The van der Waals surface area contributed by atoms with Crippen molar-refractivity contribution in [3.63, 3.8) is 0 Å². The average Bonchev–Trinajstić information content (AvgIpc) is 3.39. The van der Waals surface area contributed by atoms with Gasteiger partial charge in [0, 0.05) is 38.6 Å². The lowest BCUT2D eigenvalue weighted by Crippen LogP contribution is -2.54. The van der Waals surface area contributed by atoms with Crippen LogP contribution in [0.4, 0.5) is 25.3 Å². The third-order valence-corrected chi connectivity index (χ3v) is 6.84. The Morgan fingerprint density at radius 2 is 2.06 bits per heavy atom. The van der Waals surface area contributed by atoms with Gasteiger partial charge in [0.05, 0.1) is 11.8 Å². The second-order valence-corrected chi connectivity index (χ2v) is 9.09. The second kappa shape index (κ2) is 7.27. The van der Waals surface area contributed by atoms with E-state index in [1.165, 1.54) is 6.07 Å². The van der Waals surface area contributed by atoms with Crippen LogP contribution in [0.3, 0.4) is 0 Å². The number of hydrogen-bond acceptors (Lipinski definition) is 7. The Balaban J connectivity index is 1.40. The van der Waals surface area contributed by atoms with Crippen LogP contribution in [0.15, 0.2) is 24.4 Å². The maximum absolute atomic E-state index is 14.1. The molecule has 1 amide bonds. The summed E-state index contributed by atoms with van der Waals surface area (Å²) in [5.74, 6) is -1.26. The number of nitrogens with zero attached hydrogens (tertiary/aromatic N) is 4. The van der Waals surface area contributed by atoms with Gasteiger partial charge in [0.1, 0.15) is 27.3 Å². The molecule has 1 spiro atoms. The number of nitrogens with two attached hydrogens (primary N) is 1. The molecule has 0 radical (unpaired) electrons. The molecule has 2 fully saturated rings. The van der Waals surface area contributed by atoms with Crippen molar-refractivity contribution in [3.8, 4) is 10.6 Å². The predicted octanol–water partition coefficient (Wildman–Crippen LogP) is 2.46. The number of hydrogen-bond donors (Lipinski definition) is 3. The van der Waals surface area contributed by atoms with E-state index in [9.17, 15) is 13.6 Å². The molecule has 31 heavy (non-hydrogen) atoms. The summed E-state index contributed by atoms with van der Waals surface area (Å²) in [5, 5.41) is 10.5. The van der Waals surface area contributed by atoms with Gasteiger partial charge in [-0.15, -0.1) is 0 Å². The summed E-state index contributed by atoms with van der Waals surface area (Å²) < 4.78 is 30.0. The van der Waals surface area contributed by atoms with Crippen molar-refractivity contribution >= 4 is 33.8 Å². The Bertz CT molecular complexity index is 1150. The summed E-state index contributed by atoms with van der Waals surface area (Å²) in [4.78, 5) is 19.3. The van der Waals surface area contributed by atoms with Crippen LogP contribution in [-0.4, -0.2) is 46.9 Å². The fourth-order valence-corrected chi connectivity index (χ4v) is 5.14. The van der Waals surface area contributed by atoms with E-state index in [0.29, 0.717) is 5.69 Å². The van der Waals surface area contributed by atoms with E-state index in [0.717, 1.165) is 61.9 Å². The van der Waals surface area contributed by atoms with E-state index in [2.05, 4.69) is 25.6 Å². The summed E-state index contributed by atoms with van der Waals surface area (Å²) in [5.41, 5.74) is 6.43. The number of nitrogens with one attached hydrogen (secondary N) is 2. The number of rotatable bonds is 4. The molecule has 8 nitrogen and oxygen atoms in total. The van der Waals surface area contributed by atoms with E-state index in [4.69, 9.17) is 5.73 Å². The van der Waals surface area contributed by atoms with Crippen LogP contribution >= 0.6 is 11.3 Å². The average molecular weight is 445 g/mol. The molecule has 0 bridgehead atoms. The molecule has 0 atom stereocenters. The Morgan fingerprint density at radius 3 is 2.71 bits per heavy atom. The van der Waals surface area contributed by atoms with Crippen LogP contribution in [-0.2, 0) is 7.05 Å². The lowest BCUT2D eigenvalue weighted by atomic mass is 9.81. The first-order valence-electron chi connectivity index (χ1n) is 9.87. The van der Waals surface area contributed by atoms with Gasteiger partial charge < -0.3 is 21.3 Å². The Hall–Kier alpha value is -3.05. The molecular formula is C20H21F2N7OS. The number of nitrogen functional groups attached to an aromatic ring is 1. The lowest BCUT2D eigenvalue weighted by Gasteiger charge is -2.39. The minimum atomic E-state index is -0.760. The number of aryl methyl sites for hydroxylation is 1. The minimum Gasteiger partial charge on any atom is -0.389 e. The molecule has 2 aliphatic heterocycles. The van der Waals surface area contributed by atoms with Crippen LogP contribution in [0, 0.1) is 17.0 Å². The maximum atomic E-state index is 14.1. The molecule has 4 heterocycles. The summed E-state index contributed by atoms with van der Waals surface area (Å²) in [6, 6.07) is 3.54. The Morgan fingerprint density at radius 1 is 1.32 bits per heavy atom. The van der Waals surface area contributed by atoms with Crippen LogP contribution in [0.25, 0.3) is 10.6 Å². The molecule has 0 unspecified atom stereocenters. The van der Waals surface area contributed by atoms with E-state index < -0.39 is 17.5 Å². The molecular weight excluding hydrogens is 424 g/mol. The van der Waals surface area contributed by atoms with Gasteiger partial charge in [-0.2, -0.15) is 5.10 Å². The van der Waals surface area contributed by atoms with Crippen molar-refractivity contribution in [1.82, 2.24) is 20.1 Å². The number of thiazole rings is 1. The SMILES string of the molecule is Cn1ncc(NC(=O)c2nc(-c3c(F)cccc3F)sc2N)c1N1CCC2(CNC2)C1. The first-order valence-corrected chi connectivity index (χ1v) is 10.7. The van der Waals surface area contributed by atoms with Gasteiger partial charge in [0.25, 0.3) is 5.91 Å². The number of carbonyl (C=O) groups is 1. The van der Waals surface area contributed by atoms with E-state index in [1.54, 1.807) is 10.9 Å². The molecule has 2 aliphatic rings. The van der Waals surface area contributed by atoms with Crippen molar-refractivity contribution in [3.05, 3.63) is 41.7 Å². The lowest BCUT2D eigenvalue weighted by molar-refractivity contribution is 0.102. The highest BCUT2D eigenvalue weighted by Gasteiger charge is 2.44. The number of carbonyl (C=O) groups excluding carboxylic acids is 1. The number of benzene rings is 1. The summed E-state index contributed by atoms with van der Waals surface area (Å²) in [6.45, 7) is 3.75. The van der Waals surface area contributed by atoms with Crippen molar-refractivity contribution < 1.29 is 13.6 Å². The molecule has 4 N–H and O–H groups in total. The smallest absolute Gasteiger partial charge is 0.277 e. The molecule has 11 heteroatoms. The topological polar surface area (TPSA) is 101 Å². The van der Waals surface area contributed by atoms with Gasteiger partial charge in [-0.3, -0.25) is 9.48 Å². The molecule has 5 rings (SSSR count). The predicted molar refractivity (Wildman–Crippen MR) is 115 cm³/mol. The zero-order valence-corrected chi connectivity index (χ0v) is 17.6. The van der Waals surface area contributed by atoms with Gasteiger partial charge >= 0.3 is 0 Å². The Kier molecular flexibility index (Phi) is 4.67. The highest BCUT2D eigenvalue weighted by molar-refractivity contribution is 7.19. The number of anilines is 3. The highest BCUT2D eigenvalue weighted by Crippen LogP contribution is 2.39. The molecule has 0 aliphatic carbocycles. The first-order chi connectivity index (χ1) is 14.9. The van der Waals surface area contributed by atoms with Crippen molar-refractivity contribution in [2.75, 3.05) is 42.1 Å². The minimum absolute atomic E-state index is 0.0172. The van der Waals surface area contributed by atoms with Crippen molar-refractivity contribution in [1.29, 1.82) is 0 Å². The van der Waals surface area contributed by atoms with Gasteiger partial charge in [0.2, 0.25) is 0 Å². The van der Waals surface area contributed by atoms with Crippen molar-refractivity contribution in [2.45, 2.75) is 6.42 Å². The monoisotopic (exact) mass is 445 g/mol. The zero-order chi connectivity index (χ0) is 21.8. The van der Waals surface area contributed by atoms with Crippen LogP contribution < -0.4 is 21.3 Å². The summed E-state index contributed by atoms with van der Waals surface area (Å²) in [7, 11) is 1.82. The van der Waals surface area contributed by atoms with E-state index >= 15 is 0 Å². The number of halogens is 2. The maximum Gasteiger partial charge on any atom is 0.277 e. The second-order valence-electron chi connectivity index (χ2n) is 8.06. The third-order valence-electron chi connectivity index (χ3n) is 5.94. The summed E-state index contributed by atoms with van der Waals surface area (Å²) in [6.07, 6.45) is 2.66. The molecule has 162 valence electrons. The molecule has 2 saturated heterocycles. The van der Waals surface area contributed by atoms with E-state index in [1.807, 2.05) is 7.05 Å². The third kappa shape index (κ3) is 3.33. The highest BCUT2D eigenvalue weighted by atomic mass is 32.1. The fourth-order valence-electron chi connectivity index (χ4n) is 4.26. The number of amides is 1. The zero-order valence-electron chi connectivity index (χ0n) is 16.8. The van der Waals surface area contributed by atoms with Gasteiger partial charge in [-0.1, -0.05) is 17.4 Å². The van der Waals surface area contributed by atoms with Gasteiger partial charge in [-0.25, -0.2) is 13.8 Å². The largest absolute Gasteiger partial charge is 0.389 e.